The molecule has 0 aromatic carbocycles. The summed E-state index contributed by atoms with van der Waals surface area (Å²) < 4.78 is 0. The number of hydrogen-bond donors (Lipinski definition) is 1. The summed E-state index contributed by atoms with van der Waals surface area (Å²) in [6.07, 6.45) is 0.866. The predicted molar refractivity (Wildman–Crippen MR) is 55.8 cm³/mol. The molecule has 1 rings (SSSR count). The van der Waals surface area contributed by atoms with Crippen LogP contribution in [0.4, 0.5) is 0 Å². The third-order valence-corrected chi connectivity index (χ3v) is 3.46. The Morgan fingerprint density at radius 3 is 2.69 bits per heavy atom. The van der Waals surface area contributed by atoms with E-state index in [1.54, 1.807) is 11.3 Å². The van der Waals surface area contributed by atoms with Crippen molar-refractivity contribution in [3.05, 3.63) is 16.6 Å². The van der Waals surface area contributed by atoms with Crippen molar-refractivity contribution in [1.29, 1.82) is 0 Å². The Bertz CT molecular complexity index is 245. The summed E-state index contributed by atoms with van der Waals surface area (Å²) in [5.41, 5.74) is 2.90. The standard InChI is InChI=1S/C10H17NOS/c1-8(2)10(3,6-12)4-9-5-13-7-11-9/h5,7-8,12H,4,6H2,1-3H3. The summed E-state index contributed by atoms with van der Waals surface area (Å²) in [7, 11) is 0. The molecule has 0 bridgehead atoms. The van der Waals surface area contributed by atoms with E-state index in [0.29, 0.717) is 5.92 Å². The molecule has 0 saturated carbocycles. The van der Waals surface area contributed by atoms with Crippen LogP contribution in [0.15, 0.2) is 10.9 Å². The van der Waals surface area contributed by atoms with E-state index in [1.807, 2.05) is 5.51 Å². The maximum atomic E-state index is 9.33. The fourth-order valence-corrected chi connectivity index (χ4v) is 1.74. The molecule has 0 amide bonds. The van der Waals surface area contributed by atoms with E-state index >= 15 is 0 Å². The highest BCUT2D eigenvalue weighted by atomic mass is 32.1. The van der Waals surface area contributed by atoms with Gasteiger partial charge in [-0.15, -0.1) is 11.3 Å². The second kappa shape index (κ2) is 4.20. The van der Waals surface area contributed by atoms with Crippen molar-refractivity contribution >= 4 is 11.3 Å². The number of hydrogen-bond acceptors (Lipinski definition) is 3. The summed E-state index contributed by atoms with van der Waals surface area (Å²) in [5.74, 6) is 0.471. The summed E-state index contributed by atoms with van der Waals surface area (Å²) in [4.78, 5) is 4.24. The highest BCUT2D eigenvalue weighted by molar-refractivity contribution is 7.07. The molecule has 1 heterocycles. The lowest BCUT2D eigenvalue weighted by Crippen LogP contribution is -2.30. The van der Waals surface area contributed by atoms with Crippen molar-refractivity contribution in [2.75, 3.05) is 6.61 Å². The zero-order chi connectivity index (χ0) is 9.90. The first-order valence-electron chi connectivity index (χ1n) is 4.56. The Kier molecular flexibility index (Phi) is 3.45. The molecule has 0 fully saturated rings. The van der Waals surface area contributed by atoms with Gasteiger partial charge in [-0.1, -0.05) is 20.8 Å². The second-order valence-electron chi connectivity index (χ2n) is 4.12. The first kappa shape index (κ1) is 10.7. The monoisotopic (exact) mass is 199 g/mol. The normalized spacial score (nSPS) is 16.1. The summed E-state index contributed by atoms with van der Waals surface area (Å²) in [5, 5.41) is 11.4. The van der Waals surface area contributed by atoms with Gasteiger partial charge in [0.2, 0.25) is 0 Å². The van der Waals surface area contributed by atoms with Crippen LogP contribution >= 0.6 is 11.3 Å². The summed E-state index contributed by atoms with van der Waals surface area (Å²) >= 11 is 1.61. The molecule has 0 spiro atoms. The highest BCUT2D eigenvalue weighted by Gasteiger charge is 2.28. The van der Waals surface area contributed by atoms with E-state index in [9.17, 15) is 5.11 Å². The van der Waals surface area contributed by atoms with Gasteiger partial charge in [-0.05, 0) is 17.8 Å². The van der Waals surface area contributed by atoms with Crippen molar-refractivity contribution in [3.8, 4) is 0 Å². The Hall–Kier alpha value is -0.410. The lowest BCUT2D eigenvalue weighted by molar-refractivity contribution is 0.0939. The molecule has 0 aliphatic heterocycles. The topological polar surface area (TPSA) is 33.1 Å². The van der Waals surface area contributed by atoms with Crippen LogP contribution in [0.25, 0.3) is 0 Å². The van der Waals surface area contributed by atoms with Gasteiger partial charge in [-0.25, -0.2) is 4.98 Å². The van der Waals surface area contributed by atoms with E-state index in [0.717, 1.165) is 12.1 Å². The second-order valence-corrected chi connectivity index (χ2v) is 4.84. The summed E-state index contributed by atoms with van der Waals surface area (Å²) in [6.45, 7) is 6.62. The van der Waals surface area contributed by atoms with Crippen LogP contribution in [0.3, 0.4) is 0 Å². The number of thiazole rings is 1. The molecule has 3 heteroatoms. The average Bonchev–Trinajstić information content (AvgIpc) is 2.56. The number of aromatic nitrogens is 1. The Labute approximate surface area is 83.6 Å². The molecule has 0 aliphatic rings. The smallest absolute Gasteiger partial charge is 0.0794 e. The zero-order valence-corrected chi connectivity index (χ0v) is 9.27. The molecule has 1 atom stereocenters. The minimum Gasteiger partial charge on any atom is -0.396 e. The van der Waals surface area contributed by atoms with Crippen LogP contribution in [-0.2, 0) is 6.42 Å². The van der Waals surface area contributed by atoms with Gasteiger partial charge >= 0.3 is 0 Å². The van der Waals surface area contributed by atoms with E-state index < -0.39 is 0 Å². The van der Waals surface area contributed by atoms with Crippen LogP contribution in [0.2, 0.25) is 0 Å². The van der Waals surface area contributed by atoms with Crippen LogP contribution in [0.5, 0.6) is 0 Å². The highest BCUT2D eigenvalue weighted by Crippen LogP contribution is 2.30. The Balaban J connectivity index is 2.69. The quantitative estimate of drug-likeness (QED) is 0.807. The van der Waals surface area contributed by atoms with Gasteiger partial charge < -0.3 is 5.11 Å². The maximum absolute atomic E-state index is 9.33. The molecule has 0 radical (unpaired) electrons. The lowest BCUT2D eigenvalue weighted by atomic mass is 9.76. The van der Waals surface area contributed by atoms with Crippen LogP contribution in [0, 0.1) is 11.3 Å². The maximum Gasteiger partial charge on any atom is 0.0794 e. The number of aliphatic hydroxyl groups is 1. The van der Waals surface area contributed by atoms with Gasteiger partial charge in [-0.3, -0.25) is 0 Å². The van der Waals surface area contributed by atoms with E-state index in [-0.39, 0.29) is 12.0 Å². The molecule has 1 aromatic rings. The van der Waals surface area contributed by atoms with Gasteiger partial charge in [0.15, 0.2) is 0 Å². The van der Waals surface area contributed by atoms with E-state index in [4.69, 9.17) is 0 Å². The van der Waals surface area contributed by atoms with E-state index in [1.165, 1.54) is 0 Å². The summed E-state index contributed by atoms with van der Waals surface area (Å²) in [6, 6.07) is 0. The molecule has 74 valence electrons. The average molecular weight is 199 g/mol. The van der Waals surface area contributed by atoms with Crippen LogP contribution in [-0.4, -0.2) is 16.7 Å². The van der Waals surface area contributed by atoms with Gasteiger partial charge in [0, 0.05) is 12.0 Å². The van der Waals surface area contributed by atoms with Gasteiger partial charge in [0.1, 0.15) is 0 Å². The first-order chi connectivity index (χ1) is 6.08. The predicted octanol–water partition coefficient (Wildman–Crippen LogP) is 2.34. The molecule has 1 unspecified atom stereocenters. The fraction of sp³-hybridized carbons (Fsp3) is 0.700. The van der Waals surface area contributed by atoms with Crippen molar-refractivity contribution in [2.45, 2.75) is 27.2 Å². The Morgan fingerprint density at radius 1 is 1.62 bits per heavy atom. The lowest BCUT2D eigenvalue weighted by Gasteiger charge is -2.30. The molecule has 1 aromatic heterocycles. The fourth-order valence-electron chi connectivity index (χ4n) is 1.18. The minimum absolute atomic E-state index is 0.0337. The van der Waals surface area contributed by atoms with E-state index in [2.05, 4.69) is 31.1 Å². The molecule has 0 aliphatic carbocycles. The SMILES string of the molecule is CC(C)C(C)(CO)Cc1cscn1. The van der Waals surface area contributed by atoms with Crippen molar-refractivity contribution in [2.24, 2.45) is 11.3 Å². The third kappa shape index (κ3) is 2.51. The minimum atomic E-state index is -0.0337. The van der Waals surface area contributed by atoms with Crippen LogP contribution in [0.1, 0.15) is 26.5 Å². The van der Waals surface area contributed by atoms with Gasteiger partial charge in [-0.2, -0.15) is 0 Å². The molecular formula is C10H17NOS. The third-order valence-electron chi connectivity index (χ3n) is 2.82. The largest absolute Gasteiger partial charge is 0.396 e. The number of nitrogens with zero attached hydrogens (tertiary/aromatic N) is 1. The van der Waals surface area contributed by atoms with Gasteiger partial charge in [0.05, 0.1) is 11.2 Å². The molecule has 13 heavy (non-hydrogen) atoms. The van der Waals surface area contributed by atoms with Crippen LogP contribution < -0.4 is 0 Å². The zero-order valence-electron chi connectivity index (χ0n) is 8.45. The Morgan fingerprint density at radius 2 is 2.31 bits per heavy atom. The number of aliphatic hydroxyl groups excluding tert-OH is 1. The molecule has 1 N–H and O–H groups in total. The first-order valence-corrected chi connectivity index (χ1v) is 5.50. The van der Waals surface area contributed by atoms with Crippen molar-refractivity contribution < 1.29 is 5.11 Å². The number of rotatable bonds is 4. The van der Waals surface area contributed by atoms with Gasteiger partial charge in [0.25, 0.3) is 0 Å². The molecule has 0 saturated heterocycles. The van der Waals surface area contributed by atoms with Crippen molar-refractivity contribution in [3.63, 3.8) is 0 Å². The molecule has 2 nitrogen and oxygen atoms in total. The van der Waals surface area contributed by atoms with Crippen molar-refractivity contribution in [1.82, 2.24) is 4.98 Å². The molecular weight excluding hydrogens is 182 g/mol.